The monoisotopic (exact) mass is 1010 g/mol. The summed E-state index contributed by atoms with van der Waals surface area (Å²) >= 11 is 8.28. The van der Waals surface area contributed by atoms with Gasteiger partial charge in [0.1, 0.15) is 48.0 Å². The van der Waals surface area contributed by atoms with Gasteiger partial charge in [0, 0.05) is 30.9 Å². The summed E-state index contributed by atoms with van der Waals surface area (Å²) in [4.78, 5) is 145. The lowest BCUT2D eigenvalue weighted by atomic mass is 9.96. The van der Waals surface area contributed by atoms with E-state index in [4.69, 9.17) is 22.9 Å². The Labute approximate surface area is 411 Å². The van der Waals surface area contributed by atoms with Crippen LogP contribution in [0.25, 0.3) is 0 Å². The summed E-state index contributed by atoms with van der Waals surface area (Å²) in [6.45, 7) is 6.61. The maximum atomic E-state index is 14.0. The summed E-state index contributed by atoms with van der Waals surface area (Å²) in [5, 5.41) is 27.2. The maximum absolute atomic E-state index is 14.0. The molecule has 9 atom stereocenters. The Morgan fingerprint density at radius 1 is 0.696 bits per heavy atom. The van der Waals surface area contributed by atoms with Crippen molar-refractivity contribution in [3.05, 3.63) is 29.8 Å². The molecule has 1 aromatic carbocycles. The number of phenolic OH excluding ortho intramolecular Hbond substituents is 1. The SMILES string of the molecule is CC[C@@H](C)[C@@H](NC(=O)[C@H](Cc1ccc(O)cc1)NC(=O)[C@@H](N)CS)C(=O)N[C@@H](CCC(N)=O)C(=O)N[C@@H](CC(N)=O)C(=O)N[C@@H](CS)C(=O)N1CCC[C@H]1C(=O)N[C@@H](CC(C)C)C(=O)NCC(N)=O. The number of benzene rings is 1. The average Bonchev–Trinajstić information content (AvgIpc) is 3.79. The molecule has 24 nitrogen and oxygen atoms in total. The van der Waals surface area contributed by atoms with Gasteiger partial charge >= 0.3 is 0 Å². The molecule has 0 saturated carbocycles. The number of carbonyl (C=O) groups is 11. The molecule has 1 aliphatic heterocycles. The molecule has 16 N–H and O–H groups in total. The molecule has 26 heteroatoms. The van der Waals surface area contributed by atoms with Crippen molar-refractivity contribution in [2.45, 2.75) is 127 Å². The van der Waals surface area contributed by atoms with Gasteiger partial charge in [0.05, 0.1) is 19.0 Å². The van der Waals surface area contributed by atoms with E-state index in [-0.39, 0.29) is 49.0 Å². The van der Waals surface area contributed by atoms with E-state index in [2.05, 4.69) is 62.5 Å². The van der Waals surface area contributed by atoms with E-state index in [1.165, 1.54) is 29.2 Å². The number of rotatable bonds is 29. The van der Waals surface area contributed by atoms with Crippen LogP contribution in [0, 0.1) is 11.8 Å². The van der Waals surface area contributed by atoms with Gasteiger partial charge in [-0.05, 0) is 55.2 Å². The van der Waals surface area contributed by atoms with Crippen LogP contribution in [0.1, 0.15) is 78.2 Å². The number of thiol groups is 2. The molecule has 0 spiro atoms. The van der Waals surface area contributed by atoms with Crippen LogP contribution < -0.4 is 60.2 Å². The molecule has 0 unspecified atom stereocenters. The van der Waals surface area contributed by atoms with Gasteiger partial charge in [-0.15, -0.1) is 0 Å². The number of hydrogen-bond acceptors (Lipinski definition) is 15. The Morgan fingerprint density at radius 2 is 1.28 bits per heavy atom. The highest BCUT2D eigenvalue weighted by molar-refractivity contribution is 7.80. The number of likely N-dealkylation sites (tertiary alicyclic amines) is 1. The second kappa shape index (κ2) is 29.0. The Bertz CT molecular complexity index is 2010. The zero-order valence-corrected chi connectivity index (χ0v) is 40.9. The Kier molecular flexibility index (Phi) is 24.8. The highest BCUT2D eigenvalue weighted by Crippen LogP contribution is 2.20. The van der Waals surface area contributed by atoms with E-state index in [0.717, 1.165) is 0 Å². The average molecular weight is 1010 g/mol. The van der Waals surface area contributed by atoms with Crippen molar-refractivity contribution >= 4 is 90.2 Å². The Balaban J connectivity index is 2.34. The van der Waals surface area contributed by atoms with Crippen molar-refractivity contribution in [2.24, 2.45) is 34.8 Å². The van der Waals surface area contributed by atoms with Gasteiger partial charge in [0.15, 0.2) is 0 Å². The number of phenols is 1. The third-order valence-electron chi connectivity index (χ3n) is 11.1. The summed E-state index contributed by atoms with van der Waals surface area (Å²) in [5.74, 6) is -10.5. The van der Waals surface area contributed by atoms with Crippen LogP contribution in [-0.2, 0) is 59.2 Å². The molecule has 2 rings (SSSR count). The molecule has 0 bridgehead atoms. The van der Waals surface area contributed by atoms with E-state index in [0.29, 0.717) is 18.4 Å². The lowest BCUT2D eigenvalue weighted by Gasteiger charge is -2.30. The van der Waals surface area contributed by atoms with E-state index >= 15 is 0 Å². The molecule has 69 heavy (non-hydrogen) atoms. The molecule has 0 aliphatic carbocycles. The van der Waals surface area contributed by atoms with Crippen LogP contribution in [0.2, 0.25) is 0 Å². The first-order valence-electron chi connectivity index (χ1n) is 22.4. The maximum Gasteiger partial charge on any atom is 0.246 e. The number of nitrogens with zero attached hydrogens (tertiary/aromatic N) is 1. The minimum absolute atomic E-state index is 0.0424. The molecular formula is C43H68N12O12S2. The quantitative estimate of drug-likeness (QED) is 0.0340. The smallest absolute Gasteiger partial charge is 0.246 e. The van der Waals surface area contributed by atoms with Gasteiger partial charge in [-0.3, -0.25) is 52.7 Å². The number of nitrogens with two attached hydrogens (primary N) is 4. The standard InChI is InChI=1S/C43H68N12O12S2/c1-5-22(4)35(54-40(64)28(50-36(60)25(44)19-68)16-23-8-10-24(56)11-9-23)42(66)49-26(12-13-32(45)57)38(62)51-29(17-33(46)58)39(63)53-30(20-69)43(67)55-14-6-7-31(55)41(65)52-27(15-21(2)3)37(61)48-18-34(47)59/h8-11,21-22,25-31,35,56,68-69H,5-7,12-20,44H2,1-4H3,(H2,45,57)(H2,46,58)(H2,47,59)(H,48,61)(H,49,66)(H,50,60)(H,51,62)(H,52,65)(H,53,63)(H,54,64)/t22-,25+,26+,27+,28+,29+,30+,31+,35-/m1/s1. The lowest BCUT2D eigenvalue weighted by molar-refractivity contribution is -0.142. The van der Waals surface area contributed by atoms with Crippen LogP contribution in [0.5, 0.6) is 5.75 Å². The number of hydrogen-bond donors (Lipinski definition) is 14. The molecule has 1 aliphatic rings. The number of nitrogens with one attached hydrogen (secondary N) is 7. The molecule has 1 fully saturated rings. The predicted molar refractivity (Wildman–Crippen MR) is 257 cm³/mol. The van der Waals surface area contributed by atoms with Crippen molar-refractivity contribution < 1.29 is 57.8 Å². The normalized spacial score (nSPS) is 16.8. The minimum Gasteiger partial charge on any atom is -0.508 e. The highest BCUT2D eigenvalue weighted by Gasteiger charge is 2.40. The highest BCUT2D eigenvalue weighted by atomic mass is 32.1. The predicted octanol–water partition coefficient (Wildman–Crippen LogP) is -4.14. The number of carbonyl (C=O) groups excluding carboxylic acids is 11. The summed E-state index contributed by atoms with van der Waals surface area (Å²) in [6.07, 6.45) is -0.672. The Hall–Kier alpha value is -6.15. The summed E-state index contributed by atoms with van der Waals surface area (Å²) < 4.78 is 0. The van der Waals surface area contributed by atoms with Crippen molar-refractivity contribution in [3.63, 3.8) is 0 Å². The first-order chi connectivity index (χ1) is 32.4. The molecule has 384 valence electrons. The second-order valence-corrected chi connectivity index (χ2v) is 17.9. The van der Waals surface area contributed by atoms with Crippen LogP contribution in [0.3, 0.4) is 0 Å². The first kappa shape index (κ1) is 59.0. The molecule has 11 amide bonds. The summed E-state index contributed by atoms with van der Waals surface area (Å²) in [5.41, 5.74) is 22.4. The van der Waals surface area contributed by atoms with Gasteiger partial charge in [0.2, 0.25) is 65.0 Å². The van der Waals surface area contributed by atoms with E-state index in [9.17, 15) is 57.8 Å². The van der Waals surface area contributed by atoms with Crippen LogP contribution in [0.4, 0.5) is 0 Å². The van der Waals surface area contributed by atoms with E-state index in [1.54, 1.807) is 13.8 Å². The van der Waals surface area contributed by atoms with Crippen molar-refractivity contribution in [1.29, 1.82) is 0 Å². The summed E-state index contributed by atoms with van der Waals surface area (Å²) in [6, 6.07) is -4.84. The fourth-order valence-corrected chi connectivity index (χ4v) is 7.54. The van der Waals surface area contributed by atoms with Crippen molar-refractivity contribution in [1.82, 2.24) is 42.1 Å². The van der Waals surface area contributed by atoms with Crippen molar-refractivity contribution in [3.8, 4) is 5.75 Å². The van der Waals surface area contributed by atoms with Gasteiger partial charge in [0.25, 0.3) is 0 Å². The zero-order chi connectivity index (χ0) is 52.1. The molecular weight excluding hydrogens is 941 g/mol. The van der Waals surface area contributed by atoms with Crippen LogP contribution >= 0.6 is 25.3 Å². The second-order valence-electron chi connectivity index (χ2n) is 17.2. The van der Waals surface area contributed by atoms with Gasteiger partial charge in [-0.2, -0.15) is 25.3 Å². The van der Waals surface area contributed by atoms with Gasteiger partial charge in [-0.25, -0.2) is 0 Å². The summed E-state index contributed by atoms with van der Waals surface area (Å²) in [7, 11) is 0. The lowest BCUT2D eigenvalue weighted by Crippen LogP contribution is -2.61. The largest absolute Gasteiger partial charge is 0.508 e. The molecule has 1 heterocycles. The van der Waals surface area contributed by atoms with Gasteiger partial charge < -0.3 is 70.2 Å². The van der Waals surface area contributed by atoms with E-state index in [1.807, 2.05) is 13.8 Å². The molecule has 1 aromatic rings. The third kappa shape index (κ3) is 19.8. The number of amides is 11. The molecule has 0 aromatic heterocycles. The number of primary amides is 3. The van der Waals surface area contributed by atoms with Crippen LogP contribution in [0.15, 0.2) is 24.3 Å². The molecule has 0 radical (unpaired) electrons. The minimum atomic E-state index is -1.76. The fourth-order valence-electron chi connectivity index (χ4n) is 7.12. The third-order valence-corrected chi connectivity index (χ3v) is 11.9. The van der Waals surface area contributed by atoms with Crippen molar-refractivity contribution in [2.75, 3.05) is 24.6 Å². The number of aromatic hydroxyl groups is 1. The zero-order valence-electron chi connectivity index (χ0n) is 39.2. The van der Waals surface area contributed by atoms with Gasteiger partial charge in [-0.1, -0.05) is 46.2 Å². The Morgan fingerprint density at radius 3 is 1.83 bits per heavy atom. The topological polar surface area (TPSA) is 400 Å². The van der Waals surface area contributed by atoms with E-state index < -0.39 is 145 Å². The first-order valence-corrected chi connectivity index (χ1v) is 23.7. The molecule has 1 saturated heterocycles. The fraction of sp³-hybridized carbons (Fsp3) is 0.605. The van der Waals surface area contributed by atoms with Crippen LogP contribution in [-0.4, -0.2) is 148 Å².